The summed E-state index contributed by atoms with van der Waals surface area (Å²) in [6, 6.07) is 0. The average molecular weight is 253 g/mol. The van der Waals surface area contributed by atoms with E-state index in [2.05, 4.69) is 5.32 Å². The van der Waals surface area contributed by atoms with E-state index in [1.807, 2.05) is 0 Å². The molecular formula is C10H20FNO3S. The molecule has 1 saturated carbocycles. The summed E-state index contributed by atoms with van der Waals surface area (Å²) in [7, 11) is -4.35. The molecule has 0 aliphatic heterocycles. The lowest BCUT2D eigenvalue weighted by Gasteiger charge is -2.24. The number of nitrogens with one attached hydrogen (secondary N) is 1. The Morgan fingerprint density at radius 2 is 1.94 bits per heavy atom. The van der Waals surface area contributed by atoms with Crippen LogP contribution in [0.3, 0.4) is 0 Å². The fourth-order valence-corrected chi connectivity index (χ4v) is 2.96. The van der Waals surface area contributed by atoms with Crippen molar-refractivity contribution in [2.45, 2.75) is 50.6 Å². The molecule has 0 heterocycles. The first-order valence-corrected chi connectivity index (χ1v) is 7.25. The maximum atomic E-state index is 13.0. The van der Waals surface area contributed by atoms with Crippen LogP contribution in [-0.2, 0) is 10.1 Å². The third-order valence-corrected chi connectivity index (χ3v) is 4.25. The van der Waals surface area contributed by atoms with E-state index in [1.165, 1.54) is 6.42 Å². The van der Waals surface area contributed by atoms with E-state index in [9.17, 15) is 12.8 Å². The lowest BCUT2D eigenvalue weighted by molar-refractivity contribution is 0.276. The Bertz CT molecular complexity index is 299. The average Bonchev–Trinajstić information content (AvgIpc) is 2.17. The molecule has 4 nitrogen and oxygen atoms in total. The topological polar surface area (TPSA) is 66.4 Å². The predicted octanol–water partition coefficient (Wildman–Crippen LogP) is 1.73. The van der Waals surface area contributed by atoms with E-state index in [0.29, 0.717) is 12.5 Å². The summed E-state index contributed by atoms with van der Waals surface area (Å²) in [4.78, 5) is 0. The van der Waals surface area contributed by atoms with E-state index in [1.54, 1.807) is 0 Å². The lowest BCUT2D eigenvalue weighted by atomic mass is 9.89. The van der Waals surface area contributed by atoms with Crippen LogP contribution < -0.4 is 5.32 Å². The van der Waals surface area contributed by atoms with Crippen LogP contribution in [0, 0.1) is 5.92 Å². The molecule has 0 bridgehead atoms. The molecule has 2 atom stereocenters. The maximum Gasteiger partial charge on any atom is 0.284 e. The molecule has 2 N–H and O–H groups in total. The summed E-state index contributed by atoms with van der Waals surface area (Å²) >= 11 is 0. The van der Waals surface area contributed by atoms with Crippen molar-refractivity contribution in [3.8, 4) is 0 Å². The van der Waals surface area contributed by atoms with Crippen LogP contribution >= 0.6 is 0 Å². The first-order chi connectivity index (χ1) is 7.41. The molecule has 96 valence electrons. The molecule has 0 amide bonds. The molecule has 16 heavy (non-hydrogen) atoms. The summed E-state index contributed by atoms with van der Waals surface area (Å²) in [5, 5.41) is 1.12. The second kappa shape index (κ2) is 5.93. The molecule has 2 unspecified atom stereocenters. The minimum Gasteiger partial charge on any atom is -0.296 e. The molecule has 1 rings (SSSR count). The molecule has 1 fully saturated rings. The van der Waals surface area contributed by atoms with Crippen molar-refractivity contribution in [1.29, 1.82) is 0 Å². The first kappa shape index (κ1) is 13.9. The van der Waals surface area contributed by atoms with Crippen LogP contribution in [0.5, 0.6) is 0 Å². The monoisotopic (exact) mass is 253 g/mol. The van der Waals surface area contributed by atoms with Crippen molar-refractivity contribution in [2.24, 2.45) is 5.92 Å². The van der Waals surface area contributed by atoms with Crippen LogP contribution in [0.1, 0.15) is 39.0 Å². The van der Waals surface area contributed by atoms with Gasteiger partial charge in [0.1, 0.15) is 6.17 Å². The van der Waals surface area contributed by atoms with Gasteiger partial charge in [0.25, 0.3) is 10.1 Å². The molecule has 0 aromatic rings. The van der Waals surface area contributed by atoms with Crippen LogP contribution in [-0.4, -0.2) is 31.1 Å². The summed E-state index contributed by atoms with van der Waals surface area (Å²) < 4.78 is 43.7. The number of rotatable bonds is 5. The molecule has 0 spiro atoms. The minimum atomic E-state index is -4.35. The van der Waals surface area contributed by atoms with E-state index in [-0.39, 0.29) is 0 Å². The van der Waals surface area contributed by atoms with Gasteiger partial charge in [-0.25, -0.2) is 4.39 Å². The normalized spacial score (nSPS) is 22.9. The minimum absolute atomic E-state index is 0.400. The molecule has 0 aromatic carbocycles. The molecule has 0 radical (unpaired) electrons. The number of alkyl halides is 1. The Labute approximate surface area is 96.4 Å². The quantitative estimate of drug-likeness (QED) is 0.732. The van der Waals surface area contributed by atoms with E-state index < -0.39 is 21.7 Å². The van der Waals surface area contributed by atoms with Crippen molar-refractivity contribution in [3.05, 3.63) is 0 Å². The van der Waals surface area contributed by atoms with Crippen LogP contribution in [0.15, 0.2) is 0 Å². The molecule has 1 aliphatic carbocycles. The Kier molecular flexibility index (Phi) is 5.14. The first-order valence-electron chi connectivity index (χ1n) is 5.75. The van der Waals surface area contributed by atoms with Crippen molar-refractivity contribution in [2.75, 3.05) is 6.54 Å². The fraction of sp³-hybridized carbons (Fsp3) is 1.00. The van der Waals surface area contributed by atoms with Gasteiger partial charge in [0, 0.05) is 0 Å². The van der Waals surface area contributed by atoms with E-state index in [0.717, 1.165) is 32.6 Å². The van der Waals surface area contributed by atoms with Crippen LogP contribution in [0.2, 0.25) is 0 Å². The second-order valence-electron chi connectivity index (χ2n) is 4.53. The fourth-order valence-electron chi connectivity index (χ4n) is 2.18. The summed E-state index contributed by atoms with van der Waals surface area (Å²) in [6.07, 6.45) is 4.00. The highest BCUT2D eigenvalue weighted by Crippen LogP contribution is 2.23. The third-order valence-electron chi connectivity index (χ3n) is 3.07. The van der Waals surface area contributed by atoms with Crippen LogP contribution in [0.25, 0.3) is 0 Å². The Hall–Kier alpha value is -0.200. The summed E-state index contributed by atoms with van der Waals surface area (Å²) in [5.74, 6) is 0.400. The zero-order valence-electron chi connectivity index (χ0n) is 9.52. The standard InChI is InChI=1S/C10H20FNO3S/c1-8(11)10(16(13,14)15)12-7-9-5-3-2-4-6-9/h8-10,12H,2-7H2,1H3,(H,13,14,15). The number of halogens is 1. The molecule has 6 heteroatoms. The lowest BCUT2D eigenvalue weighted by Crippen LogP contribution is -2.44. The molecular weight excluding hydrogens is 233 g/mol. The SMILES string of the molecule is CC(F)C(NCC1CCCCC1)S(=O)(=O)O. The Balaban J connectivity index is 2.44. The summed E-state index contributed by atoms with van der Waals surface area (Å²) in [6.45, 7) is 1.59. The highest BCUT2D eigenvalue weighted by Gasteiger charge is 2.29. The molecule has 0 aromatic heterocycles. The van der Waals surface area contributed by atoms with Crippen LogP contribution in [0.4, 0.5) is 4.39 Å². The third kappa shape index (κ3) is 4.35. The Morgan fingerprint density at radius 3 is 2.38 bits per heavy atom. The van der Waals surface area contributed by atoms with E-state index in [4.69, 9.17) is 4.55 Å². The highest BCUT2D eigenvalue weighted by atomic mass is 32.2. The highest BCUT2D eigenvalue weighted by molar-refractivity contribution is 7.86. The van der Waals surface area contributed by atoms with Gasteiger partial charge >= 0.3 is 0 Å². The van der Waals surface area contributed by atoms with Gasteiger partial charge in [0.2, 0.25) is 0 Å². The maximum absolute atomic E-state index is 13.0. The number of hydrogen-bond donors (Lipinski definition) is 2. The van der Waals surface area contributed by atoms with E-state index >= 15 is 0 Å². The van der Waals surface area contributed by atoms with Gasteiger partial charge in [-0.1, -0.05) is 19.3 Å². The van der Waals surface area contributed by atoms with Gasteiger partial charge in [-0.3, -0.25) is 9.87 Å². The smallest absolute Gasteiger partial charge is 0.284 e. The second-order valence-corrected chi connectivity index (χ2v) is 6.06. The van der Waals surface area contributed by atoms with Gasteiger partial charge < -0.3 is 0 Å². The van der Waals surface area contributed by atoms with Gasteiger partial charge in [-0.05, 0) is 32.2 Å². The van der Waals surface area contributed by atoms with Gasteiger partial charge in [-0.2, -0.15) is 8.42 Å². The Morgan fingerprint density at radius 1 is 1.38 bits per heavy atom. The summed E-state index contributed by atoms with van der Waals surface area (Å²) in [5.41, 5.74) is 0. The van der Waals surface area contributed by atoms with Gasteiger partial charge in [0.15, 0.2) is 5.37 Å². The largest absolute Gasteiger partial charge is 0.296 e. The molecule has 1 aliphatic rings. The van der Waals surface area contributed by atoms with Crippen molar-refractivity contribution in [3.63, 3.8) is 0 Å². The number of hydrogen-bond acceptors (Lipinski definition) is 3. The molecule has 0 saturated heterocycles. The van der Waals surface area contributed by atoms with Gasteiger partial charge in [0.05, 0.1) is 0 Å². The van der Waals surface area contributed by atoms with Gasteiger partial charge in [-0.15, -0.1) is 0 Å². The van der Waals surface area contributed by atoms with Crippen molar-refractivity contribution < 1.29 is 17.4 Å². The zero-order valence-corrected chi connectivity index (χ0v) is 10.3. The van der Waals surface area contributed by atoms with Crippen molar-refractivity contribution in [1.82, 2.24) is 5.32 Å². The predicted molar refractivity (Wildman–Crippen MR) is 60.5 cm³/mol. The zero-order chi connectivity index (χ0) is 12.2. The van der Waals surface area contributed by atoms with Crippen molar-refractivity contribution >= 4 is 10.1 Å².